The Morgan fingerprint density at radius 2 is 1.85 bits per heavy atom. The number of nitrogens with zero attached hydrogens (tertiary/aromatic N) is 1. The third kappa shape index (κ3) is 2.23. The van der Waals surface area contributed by atoms with Gasteiger partial charge in [-0.05, 0) is 0 Å². The Morgan fingerprint density at radius 3 is 2.55 bits per heavy atom. The van der Waals surface area contributed by atoms with Gasteiger partial charge in [0.1, 0.15) is 0 Å². The first-order valence-corrected chi connectivity index (χ1v) is 11.4. The van der Waals surface area contributed by atoms with Crippen molar-refractivity contribution in [1.29, 1.82) is 0 Å². The van der Waals surface area contributed by atoms with Gasteiger partial charge in [0.05, 0.1) is 0 Å². The zero-order valence-corrected chi connectivity index (χ0v) is 13.4. The van der Waals surface area contributed by atoms with Crippen molar-refractivity contribution in [2.24, 2.45) is 0 Å². The molecule has 0 aliphatic carbocycles. The number of benzene rings is 1. The normalized spacial score (nSPS) is 27.9. The summed E-state index contributed by atoms with van der Waals surface area (Å²) >= 11 is -5.80. The number of hydroxylamine groups is 3. The molecule has 112 valence electrons. The van der Waals surface area contributed by atoms with Crippen molar-refractivity contribution in [2.75, 3.05) is 20.1 Å². The summed E-state index contributed by atoms with van der Waals surface area (Å²) in [7, 11) is 1.80. The van der Waals surface area contributed by atoms with Crippen LogP contribution in [0.4, 0.5) is 0 Å². The van der Waals surface area contributed by atoms with Gasteiger partial charge in [-0.1, -0.05) is 0 Å². The van der Waals surface area contributed by atoms with E-state index in [1.54, 1.807) is 19.2 Å². The van der Waals surface area contributed by atoms with Crippen molar-refractivity contribution in [3.05, 3.63) is 33.4 Å². The SMILES string of the molecule is C[N+]1(OI2(O)(O)OC(=O)c3ccccc32)CCCCC1. The molecule has 2 aliphatic heterocycles. The van der Waals surface area contributed by atoms with Crippen LogP contribution < -0.4 is 0 Å². The number of hydrogen-bond donors (Lipinski definition) is 2. The van der Waals surface area contributed by atoms with Crippen molar-refractivity contribution in [3.63, 3.8) is 0 Å². The number of likely N-dealkylation sites (tertiary alicyclic amines) is 1. The van der Waals surface area contributed by atoms with E-state index in [0.29, 0.717) is 13.1 Å². The Morgan fingerprint density at radius 1 is 1.20 bits per heavy atom. The summed E-state index contributed by atoms with van der Waals surface area (Å²) in [5.41, 5.74) is 0.190. The van der Waals surface area contributed by atoms with E-state index < -0.39 is 24.7 Å². The second-order valence-electron chi connectivity index (χ2n) is 5.46. The van der Waals surface area contributed by atoms with Gasteiger partial charge in [0, 0.05) is 0 Å². The molecule has 2 heterocycles. The van der Waals surface area contributed by atoms with Crippen LogP contribution in [0.15, 0.2) is 24.3 Å². The summed E-state index contributed by atoms with van der Waals surface area (Å²) < 4.78 is 32.4. The predicted octanol–water partition coefficient (Wildman–Crippen LogP) is 1.81. The van der Waals surface area contributed by atoms with Gasteiger partial charge < -0.3 is 0 Å². The number of piperidine rings is 1. The monoisotopic (exact) mass is 396 g/mol. The average molecular weight is 396 g/mol. The standard InChI is InChI=1S/C13H19INO5/c1-15(9-5-2-6-10-15)20-14(17,18)12-8-4-3-7-11(12)13(16)19-14/h3-4,7-8,17-18H,2,5-6,9-10H2,1H3/q+1. The Kier molecular flexibility index (Phi) is 3.11. The quantitative estimate of drug-likeness (QED) is 0.589. The Hall–Kier alpha value is -0.740. The third-order valence-electron chi connectivity index (χ3n) is 3.70. The summed E-state index contributed by atoms with van der Waals surface area (Å²) in [6.07, 6.45) is 3.01. The van der Waals surface area contributed by atoms with E-state index in [-0.39, 0.29) is 13.8 Å². The maximum absolute atomic E-state index is 11.8. The fourth-order valence-corrected chi connectivity index (χ4v) is 8.53. The third-order valence-corrected chi connectivity index (χ3v) is 9.49. The summed E-state index contributed by atoms with van der Waals surface area (Å²) in [4.78, 5) is 11.8. The molecule has 0 amide bonds. The van der Waals surface area contributed by atoms with Gasteiger partial charge in [-0.15, -0.1) is 0 Å². The van der Waals surface area contributed by atoms with Crippen LogP contribution in [-0.4, -0.2) is 37.6 Å². The van der Waals surface area contributed by atoms with Crippen LogP contribution in [-0.2, 0) is 6.23 Å². The number of carbonyl (C=O) groups excluding carboxylic acids is 1. The average Bonchev–Trinajstić information content (AvgIpc) is 2.58. The summed E-state index contributed by atoms with van der Waals surface area (Å²) in [5, 5.41) is 0. The van der Waals surface area contributed by atoms with Crippen molar-refractivity contribution >= 4 is 24.7 Å². The van der Waals surface area contributed by atoms with Crippen LogP contribution in [0, 0.1) is 3.57 Å². The van der Waals surface area contributed by atoms with Gasteiger partial charge >= 0.3 is 120 Å². The molecule has 1 aromatic rings. The van der Waals surface area contributed by atoms with Crippen molar-refractivity contribution < 1.29 is 22.5 Å². The molecule has 2 aliphatic rings. The molecule has 20 heavy (non-hydrogen) atoms. The molecule has 6 nitrogen and oxygen atoms in total. The van der Waals surface area contributed by atoms with Crippen LogP contribution in [0.1, 0.15) is 29.6 Å². The van der Waals surface area contributed by atoms with Crippen molar-refractivity contribution in [2.45, 2.75) is 19.3 Å². The number of halogens is 1. The van der Waals surface area contributed by atoms with E-state index in [9.17, 15) is 11.7 Å². The minimum absolute atomic E-state index is 0.0725. The maximum atomic E-state index is 11.8. The number of fused-ring (bicyclic) bond motifs is 1. The molecule has 0 aromatic heterocycles. The molecule has 0 spiro atoms. The van der Waals surface area contributed by atoms with Gasteiger partial charge in [0.25, 0.3) is 0 Å². The number of quaternary nitrogens is 1. The van der Waals surface area contributed by atoms with Crippen LogP contribution >= 0.6 is 18.7 Å². The van der Waals surface area contributed by atoms with Gasteiger partial charge in [0.2, 0.25) is 0 Å². The molecule has 0 atom stereocenters. The number of rotatable bonds is 2. The first-order valence-electron chi connectivity index (χ1n) is 6.58. The van der Waals surface area contributed by atoms with Gasteiger partial charge in [-0.25, -0.2) is 0 Å². The number of carbonyl (C=O) groups is 1. The van der Waals surface area contributed by atoms with Crippen LogP contribution in [0.25, 0.3) is 0 Å². The molecule has 0 bridgehead atoms. The molecule has 7 heteroatoms. The predicted molar refractivity (Wildman–Crippen MR) is 79.9 cm³/mol. The van der Waals surface area contributed by atoms with E-state index in [1.165, 1.54) is 12.1 Å². The molecule has 0 radical (unpaired) electrons. The van der Waals surface area contributed by atoms with Crippen LogP contribution in [0.3, 0.4) is 0 Å². The topological polar surface area (TPSA) is 76.0 Å². The van der Waals surface area contributed by atoms with Crippen molar-refractivity contribution in [3.8, 4) is 0 Å². The van der Waals surface area contributed by atoms with Crippen LogP contribution in [0.5, 0.6) is 0 Å². The van der Waals surface area contributed by atoms with E-state index in [0.717, 1.165) is 19.3 Å². The zero-order chi connectivity index (χ0) is 14.5. The van der Waals surface area contributed by atoms with E-state index in [4.69, 9.17) is 6.23 Å². The fourth-order valence-electron chi connectivity index (χ4n) is 2.72. The Balaban J connectivity index is 2.00. The summed E-state index contributed by atoms with van der Waals surface area (Å²) in [5.74, 6) is -0.719. The molecule has 1 saturated heterocycles. The number of hydrogen-bond acceptors (Lipinski definition) is 5. The molecule has 0 unspecified atom stereocenters. The molecule has 1 fully saturated rings. The summed E-state index contributed by atoms with van der Waals surface area (Å²) in [6.45, 7) is 1.36. The van der Waals surface area contributed by atoms with Gasteiger partial charge in [-0.2, -0.15) is 0 Å². The van der Waals surface area contributed by atoms with E-state index in [1.807, 2.05) is 0 Å². The molecule has 1 aromatic carbocycles. The first-order chi connectivity index (χ1) is 9.31. The first kappa shape index (κ1) is 14.2. The van der Waals surface area contributed by atoms with Crippen LogP contribution in [0.2, 0.25) is 0 Å². The second kappa shape index (κ2) is 4.38. The fraction of sp³-hybridized carbons (Fsp3) is 0.462. The van der Waals surface area contributed by atoms with E-state index in [2.05, 4.69) is 0 Å². The van der Waals surface area contributed by atoms with Crippen molar-refractivity contribution in [1.82, 2.24) is 0 Å². The Labute approximate surface area is 120 Å². The minimum atomic E-state index is -5.80. The van der Waals surface area contributed by atoms with Gasteiger partial charge in [0.15, 0.2) is 0 Å². The molecular formula is C13H19INO5+. The molecule has 2 N–H and O–H groups in total. The van der Waals surface area contributed by atoms with Gasteiger partial charge in [-0.3, -0.25) is 0 Å². The Bertz CT molecular complexity index is 568. The summed E-state index contributed by atoms with van der Waals surface area (Å²) in [6, 6.07) is 6.34. The second-order valence-corrected chi connectivity index (χ2v) is 11.7. The molecule has 3 rings (SSSR count). The molecular weight excluding hydrogens is 377 g/mol. The molecule has 0 saturated carbocycles. The zero-order valence-electron chi connectivity index (χ0n) is 11.3. The van der Waals surface area contributed by atoms with E-state index >= 15 is 0 Å².